The van der Waals surface area contributed by atoms with Crippen molar-refractivity contribution in [3.8, 4) is 0 Å². The molecule has 0 bridgehead atoms. The maximum Gasteiger partial charge on any atom is 0.0315 e. The van der Waals surface area contributed by atoms with Crippen LogP contribution in [0.25, 0.3) is 0 Å². The average Bonchev–Trinajstić information content (AvgIpc) is 2.40. The van der Waals surface area contributed by atoms with E-state index in [0.29, 0.717) is 6.04 Å². The van der Waals surface area contributed by atoms with Gasteiger partial charge in [0.25, 0.3) is 0 Å². The van der Waals surface area contributed by atoms with Crippen LogP contribution in [0, 0.1) is 20.8 Å². The summed E-state index contributed by atoms with van der Waals surface area (Å²) in [5, 5.41) is 3.58. The summed E-state index contributed by atoms with van der Waals surface area (Å²) in [6, 6.07) is 9.03. The normalized spacial score (nSPS) is 12.4. The maximum absolute atomic E-state index is 4.19. The first-order valence-electron chi connectivity index (χ1n) is 6.78. The van der Waals surface area contributed by atoms with Crippen LogP contribution in [-0.4, -0.2) is 4.98 Å². The van der Waals surface area contributed by atoms with Gasteiger partial charge in [-0.3, -0.25) is 4.98 Å². The lowest BCUT2D eigenvalue weighted by Gasteiger charge is -2.18. The highest BCUT2D eigenvalue weighted by Crippen LogP contribution is 2.19. The topological polar surface area (TPSA) is 24.9 Å². The number of nitrogens with one attached hydrogen (secondary N) is 1. The molecule has 1 atom stereocenters. The van der Waals surface area contributed by atoms with Crippen LogP contribution in [0.15, 0.2) is 36.7 Å². The van der Waals surface area contributed by atoms with Crippen molar-refractivity contribution in [2.45, 2.75) is 40.3 Å². The van der Waals surface area contributed by atoms with Crippen molar-refractivity contribution in [1.82, 2.24) is 10.3 Å². The third kappa shape index (κ3) is 3.42. The molecule has 2 heteroatoms. The number of nitrogens with zero attached hydrogens (tertiary/aromatic N) is 1. The zero-order valence-corrected chi connectivity index (χ0v) is 12.2. The molecule has 0 spiro atoms. The second-order valence-electron chi connectivity index (χ2n) is 5.26. The quantitative estimate of drug-likeness (QED) is 0.896. The van der Waals surface area contributed by atoms with Crippen molar-refractivity contribution in [1.29, 1.82) is 0 Å². The predicted molar refractivity (Wildman–Crippen MR) is 80.1 cm³/mol. The van der Waals surface area contributed by atoms with E-state index in [0.717, 1.165) is 6.54 Å². The highest BCUT2D eigenvalue weighted by Gasteiger charge is 2.08. The molecule has 19 heavy (non-hydrogen) atoms. The molecule has 0 aliphatic carbocycles. The lowest BCUT2D eigenvalue weighted by atomic mass is 10.00. The van der Waals surface area contributed by atoms with Gasteiger partial charge in [0.1, 0.15) is 0 Å². The molecule has 0 aliphatic heterocycles. The maximum atomic E-state index is 4.19. The van der Waals surface area contributed by atoms with Gasteiger partial charge in [-0.2, -0.15) is 0 Å². The van der Waals surface area contributed by atoms with E-state index in [9.17, 15) is 0 Å². The molecule has 0 saturated heterocycles. The summed E-state index contributed by atoms with van der Waals surface area (Å²) in [5.74, 6) is 0. The molecular formula is C17H22N2. The number of hydrogen-bond donors (Lipinski definition) is 1. The fourth-order valence-electron chi connectivity index (χ4n) is 2.28. The number of pyridine rings is 1. The Bertz CT molecular complexity index is 561. The third-order valence-corrected chi connectivity index (χ3v) is 3.65. The zero-order valence-electron chi connectivity index (χ0n) is 12.2. The predicted octanol–water partition coefficient (Wildman–Crippen LogP) is 3.86. The van der Waals surface area contributed by atoms with Gasteiger partial charge in [-0.15, -0.1) is 0 Å². The van der Waals surface area contributed by atoms with Crippen LogP contribution in [0.3, 0.4) is 0 Å². The fraction of sp³-hybridized carbons (Fsp3) is 0.353. The highest BCUT2D eigenvalue weighted by atomic mass is 14.9. The Morgan fingerprint density at radius 3 is 2.63 bits per heavy atom. The van der Waals surface area contributed by atoms with Crippen molar-refractivity contribution in [3.05, 3.63) is 64.5 Å². The zero-order chi connectivity index (χ0) is 13.8. The minimum absolute atomic E-state index is 0.347. The number of aryl methyl sites for hydroxylation is 3. The molecule has 1 heterocycles. The Kier molecular flexibility index (Phi) is 4.33. The second-order valence-corrected chi connectivity index (χ2v) is 5.26. The van der Waals surface area contributed by atoms with E-state index < -0.39 is 0 Å². The van der Waals surface area contributed by atoms with Crippen LogP contribution in [0.5, 0.6) is 0 Å². The molecule has 0 aliphatic rings. The van der Waals surface area contributed by atoms with Gasteiger partial charge in [0, 0.05) is 25.0 Å². The Morgan fingerprint density at radius 2 is 1.89 bits per heavy atom. The van der Waals surface area contributed by atoms with Crippen LogP contribution in [0.4, 0.5) is 0 Å². The molecule has 1 aromatic heterocycles. The highest BCUT2D eigenvalue weighted by molar-refractivity contribution is 5.33. The van der Waals surface area contributed by atoms with Crippen LogP contribution < -0.4 is 5.32 Å². The van der Waals surface area contributed by atoms with Gasteiger partial charge in [0.05, 0.1) is 0 Å². The average molecular weight is 254 g/mol. The van der Waals surface area contributed by atoms with Gasteiger partial charge in [-0.05, 0) is 56.0 Å². The van der Waals surface area contributed by atoms with E-state index in [-0.39, 0.29) is 0 Å². The Labute approximate surface area is 115 Å². The summed E-state index contributed by atoms with van der Waals surface area (Å²) in [5.41, 5.74) is 6.58. The van der Waals surface area contributed by atoms with Crippen LogP contribution >= 0.6 is 0 Å². The van der Waals surface area contributed by atoms with E-state index in [1.807, 2.05) is 12.4 Å². The Balaban J connectivity index is 2.07. The largest absolute Gasteiger partial charge is 0.306 e. The van der Waals surface area contributed by atoms with Gasteiger partial charge in [-0.25, -0.2) is 0 Å². The SMILES string of the molecule is Cc1ccc(C)c(C(C)NCc2cnccc2C)c1. The van der Waals surface area contributed by atoms with E-state index in [2.05, 4.69) is 62.3 Å². The van der Waals surface area contributed by atoms with Crippen LogP contribution in [0.2, 0.25) is 0 Å². The van der Waals surface area contributed by atoms with Crippen molar-refractivity contribution < 1.29 is 0 Å². The molecular weight excluding hydrogens is 232 g/mol. The Hall–Kier alpha value is -1.67. The van der Waals surface area contributed by atoms with Crippen LogP contribution in [0.1, 0.15) is 40.8 Å². The smallest absolute Gasteiger partial charge is 0.0315 e. The lowest BCUT2D eigenvalue weighted by Crippen LogP contribution is -2.19. The minimum atomic E-state index is 0.347. The van der Waals surface area contributed by atoms with E-state index in [4.69, 9.17) is 0 Å². The Morgan fingerprint density at radius 1 is 1.11 bits per heavy atom. The van der Waals surface area contributed by atoms with Gasteiger partial charge >= 0.3 is 0 Å². The second kappa shape index (κ2) is 5.98. The summed E-state index contributed by atoms with van der Waals surface area (Å²) in [7, 11) is 0. The first-order chi connectivity index (χ1) is 9.08. The summed E-state index contributed by atoms with van der Waals surface area (Å²) < 4.78 is 0. The molecule has 0 amide bonds. The standard InChI is InChI=1S/C17H22N2/c1-12-5-6-14(3)17(9-12)15(4)19-11-16-10-18-8-7-13(16)2/h5-10,15,19H,11H2,1-4H3. The van der Waals surface area contributed by atoms with Crippen molar-refractivity contribution in [3.63, 3.8) is 0 Å². The molecule has 0 saturated carbocycles. The van der Waals surface area contributed by atoms with Gasteiger partial charge in [-0.1, -0.05) is 23.8 Å². The molecule has 2 rings (SSSR count). The number of aromatic nitrogens is 1. The third-order valence-electron chi connectivity index (χ3n) is 3.65. The van der Waals surface area contributed by atoms with Gasteiger partial charge in [0.2, 0.25) is 0 Å². The van der Waals surface area contributed by atoms with E-state index in [1.165, 1.54) is 27.8 Å². The molecule has 1 aromatic carbocycles. The van der Waals surface area contributed by atoms with Crippen molar-refractivity contribution >= 4 is 0 Å². The van der Waals surface area contributed by atoms with E-state index >= 15 is 0 Å². The first-order valence-corrected chi connectivity index (χ1v) is 6.78. The van der Waals surface area contributed by atoms with Crippen molar-refractivity contribution in [2.75, 3.05) is 0 Å². The fourth-order valence-corrected chi connectivity index (χ4v) is 2.28. The molecule has 0 fully saturated rings. The number of rotatable bonds is 4. The summed E-state index contributed by atoms with van der Waals surface area (Å²) >= 11 is 0. The van der Waals surface area contributed by atoms with Crippen molar-refractivity contribution in [2.24, 2.45) is 0 Å². The lowest BCUT2D eigenvalue weighted by molar-refractivity contribution is 0.570. The number of benzene rings is 1. The first kappa shape index (κ1) is 13.8. The molecule has 100 valence electrons. The summed E-state index contributed by atoms with van der Waals surface area (Å²) in [4.78, 5) is 4.19. The molecule has 1 N–H and O–H groups in total. The monoisotopic (exact) mass is 254 g/mol. The van der Waals surface area contributed by atoms with Gasteiger partial charge in [0.15, 0.2) is 0 Å². The summed E-state index contributed by atoms with van der Waals surface area (Å²) in [6.07, 6.45) is 3.78. The van der Waals surface area contributed by atoms with Crippen LogP contribution in [-0.2, 0) is 6.54 Å². The molecule has 0 radical (unpaired) electrons. The summed E-state index contributed by atoms with van der Waals surface area (Å²) in [6.45, 7) is 9.51. The van der Waals surface area contributed by atoms with E-state index in [1.54, 1.807) is 0 Å². The molecule has 2 aromatic rings. The minimum Gasteiger partial charge on any atom is -0.306 e. The number of hydrogen-bond acceptors (Lipinski definition) is 2. The van der Waals surface area contributed by atoms with Gasteiger partial charge < -0.3 is 5.32 Å². The molecule has 1 unspecified atom stereocenters. The molecule has 2 nitrogen and oxygen atoms in total.